The Labute approximate surface area is 182 Å². The van der Waals surface area contributed by atoms with Crippen LogP contribution in [0.3, 0.4) is 0 Å². The fourth-order valence-corrected chi connectivity index (χ4v) is 5.87. The van der Waals surface area contributed by atoms with Crippen molar-refractivity contribution in [3.8, 4) is 0 Å². The van der Waals surface area contributed by atoms with Crippen LogP contribution in [0.1, 0.15) is 26.7 Å². The molecule has 2 aliphatic rings. The van der Waals surface area contributed by atoms with E-state index in [0.29, 0.717) is 27.7 Å². The molecule has 7 heteroatoms. The van der Waals surface area contributed by atoms with Crippen molar-refractivity contribution in [2.24, 2.45) is 5.92 Å². The minimum atomic E-state index is -1.18. The molecule has 1 spiro atoms. The number of rotatable bonds is 3. The molecule has 3 heterocycles. The van der Waals surface area contributed by atoms with Crippen LogP contribution in [-0.4, -0.2) is 30.2 Å². The molecule has 1 N–H and O–H groups in total. The number of thiophene rings is 1. The van der Waals surface area contributed by atoms with Gasteiger partial charge in [0, 0.05) is 28.7 Å². The number of hydrogen-bond acceptors (Lipinski definition) is 4. The zero-order valence-electron chi connectivity index (χ0n) is 16.1. The lowest BCUT2D eigenvalue weighted by atomic mass is 9.71. The molecular weight excluding hydrogens is 423 g/mol. The Kier molecular flexibility index (Phi) is 4.54. The Bertz CT molecular complexity index is 1150. The third-order valence-electron chi connectivity index (χ3n) is 6.26. The van der Waals surface area contributed by atoms with Gasteiger partial charge < -0.3 is 5.32 Å². The van der Waals surface area contributed by atoms with Crippen LogP contribution in [0.15, 0.2) is 60.0 Å². The van der Waals surface area contributed by atoms with E-state index in [-0.39, 0.29) is 23.4 Å². The Balaban J connectivity index is 1.74. The number of halogens is 2. The summed E-state index contributed by atoms with van der Waals surface area (Å²) < 4.78 is 13.6. The van der Waals surface area contributed by atoms with Gasteiger partial charge in [-0.2, -0.15) is 0 Å². The average Bonchev–Trinajstić information content (AvgIpc) is 3.42. The van der Waals surface area contributed by atoms with E-state index >= 15 is 0 Å². The first kappa shape index (κ1) is 19.4. The van der Waals surface area contributed by atoms with Crippen LogP contribution in [0, 0.1) is 11.7 Å². The van der Waals surface area contributed by atoms with E-state index < -0.39 is 11.5 Å². The quantitative estimate of drug-likeness (QED) is 0.588. The molecule has 0 radical (unpaired) electrons. The van der Waals surface area contributed by atoms with Gasteiger partial charge in [-0.3, -0.25) is 14.5 Å². The number of likely N-dealkylation sites (N-methyl/N-ethyl adjacent to an activating group) is 1. The summed E-state index contributed by atoms with van der Waals surface area (Å²) in [5.74, 6) is -1.61. The highest BCUT2D eigenvalue weighted by molar-refractivity contribution is 7.12. The monoisotopic (exact) mass is 440 g/mol. The van der Waals surface area contributed by atoms with Gasteiger partial charge in [0.1, 0.15) is 11.4 Å². The fourth-order valence-electron chi connectivity index (χ4n) is 4.99. The number of anilines is 1. The van der Waals surface area contributed by atoms with Crippen LogP contribution < -0.4 is 5.32 Å². The third-order valence-corrected chi connectivity index (χ3v) is 7.38. The second kappa shape index (κ2) is 7.01. The maximum absolute atomic E-state index is 13.8. The number of hydrogen-bond donors (Lipinski definition) is 1. The summed E-state index contributed by atoms with van der Waals surface area (Å²) in [5, 5.41) is 5.31. The van der Waals surface area contributed by atoms with Crippen molar-refractivity contribution < 1.29 is 14.0 Å². The van der Waals surface area contributed by atoms with E-state index in [1.165, 1.54) is 23.5 Å². The summed E-state index contributed by atoms with van der Waals surface area (Å²) in [5.41, 5.74) is 1.03. The molecule has 3 atom stereocenters. The van der Waals surface area contributed by atoms with Gasteiger partial charge in [0.2, 0.25) is 5.91 Å². The molecule has 3 aromatic rings. The normalized spacial score (nSPS) is 25.5. The second-order valence-corrected chi connectivity index (χ2v) is 9.15. The van der Waals surface area contributed by atoms with Gasteiger partial charge in [-0.1, -0.05) is 29.8 Å². The molecule has 152 valence electrons. The van der Waals surface area contributed by atoms with Gasteiger partial charge in [-0.05, 0) is 54.4 Å². The minimum Gasteiger partial charge on any atom is -0.324 e. The zero-order chi connectivity index (χ0) is 21.0. The SMILES string of the molecule is CN1C[C@H](c2ccc(F)cc2)C(C(=O)c2cccs2)[C@]12C(=O)Nc1ccc(Cl)cc12. The molecule has 30 heavy (non-hydrogen) atoms. The first-order valence-electron chi connectivity index (χ1n) is 9.59. The highest BCUT2D eigenvalue weighted by Crippen LogP contribution is 2.56. The predicted octanol–water partition coefficient (Wildman–Crippen LogP) is 4.92. The summed E-state index contributed by atoms with van der Waals surface area (Å²) in [6.07, 6.45) is 0. The van der Waals surface area contributed by atoms with Crippen LogP contribution in [-0.2, 0) is 10.3 Å². The van der Waals surface area contributed by atoms with Crippen molar-refractivity contribution in [3.63, 3.8) is 0 Å². The number of ketones is 1. The summed E-state index contributed by atoms with van der Waals surface area (Å²) >= 11 is 7.66. The summed E-state index contributed by atoms with van der Waals surface area (Å²) in [6.45, 7) is 0.479. The molecule has 1 aromatic heterocycles. The van der Waals surface area contributed by atoms with Crippen LogP contribution >= 0.6 is 22.9 Å². The van der Waals surface area contributed by atoms with Crippen molar-refractivity contribution in [2.75, 3.05) is 18.9 Å². The molecule has 1 unspecified atom stereocenters. The second-order valence-electron chi connectivity index (χ2n) is 7.77. The van der Waals surface area contributed by atoms with Gasteiger partial charge in [0.15, 0.2) is 5.78 Å². The lowest BCUT2D eigenvalue weighted by Gasteiger charge is -2.35. The van der Waals surface area contributed by atoms with Crippen LogP contribution in [0.5, 0.6) is 0 Å². The van der Waals surface area contributed by atoms with Gasteiger partial charge in [0.25, 0.3) is 0 Å². The summed E-state index contributed by atoms with van der Waals surface area (Å²) in [4.78, 5) is 29.8. The van der Waals surface area contributed by atoms with E-state index in [2.05, 4.69) is 5.32 Å². The van der Waals surface area contributed by atoms with E-state index in [4.69, 9.17) is 11.6 Å². The molecule has 4 nitrogen and oxygen atoms in total. The van der Waals surface area contributed by atoms with Gasteiger partial charge in [-0.15, -0.1) is 11.3 Å². The molecule has 1 saturated heterocycles. The lowest BCUT2D eigenvalue weighted by Crippen LogP contribution is -2.51. The molecule has 5 rings (SSSR count). The van der Waals surface area contributed by atoms with Gasteiger partial charge in [0.05, 0.1) is 10.8 Å². The topological polar surface area (TPSA) is 49.4 Å². The van der Waals surface area contributed by atoms with E-state index in [1.807, 2.05) is 23.4 Å². The van der Waals surface area contributed by atoms with E-state index in [1.54, 1.807) is 36.4 Å². The van der Waals surface area contributed by atoms with E-state index in [0.717, 1.165) is 5.56 Å². The molecule has 0 aliphatic carbocycles. The smallest absolute Gasteiger partial charge is 0.250 e. The molecule has 0 saturated carbocycles. The van der Waals surface area contributed by atoms with Crippen molar-refractivity contribution in [3.05, 3.63) is 86.8 Å². The molecule has 2 aliphatic heterocycles. The maximum atomic E-state index is 13.8. The predicted molar refractivity (Wildman–Crippen MR) is 116 cm³/mol. The number of fused-ring (bicyclic) bond motifs is 2. The summed E-state index contributed by atoms with van der Waals surface area (Å²) in [6, 6.07) is 15.1. The number of Topliss-reactive ketones (excluding diaryl/α,β-unsaturated/α-hetero) is 1. The van der Waals surface area contributed by atoms with Gasteiger partial charge in [-0.25, -0.2) is 4.39 Å². The zero-order valence-corrected chi connectivity index (χ0v) is 17.6. The highest BCUT2D eigenvalue weighted by Gasteiger charge is 2.64. The van der Waals surface area contributed by atoms with Crippen molar-refractivity contribution >= 4 is 40.3 Å². The largest absolute Gasteiger partial charge is 0.324 e. The summed E-state index contributed by atoms with van der Waals surface area (Å²) in [7, 11) is 1.85. The van der Waals surface area contributed by atoms with Crippen molar-refractivity contribution in [1.82, 2.24) is 4.90 Å². The molecule has 0 bridgehead atoms. The van der Waals surface area contributed by atoms with Crippen molar-refractivity contribution in [1.29, 1.82) is 0 Å². The number of nitrogens with one attached hydrogen (secondary N) is 1. The standard InChI is InChI=1S/C23H18ClFN2O2S/c1-27-12-16(13-4-7-15(25)8-5-13)20(21(28)19-3-2-10-30-19)23(27)17-11-14(24)6-9-18(17)26-22(23)29/h2-11,16,20H,12H2,1H3,(H,26,29)/t16-,20?,23-/m1/s1. The fraction of sp³-hybridized carbons (Fsp3) is 0.217. The van der Waals surface area contributed by atoms with E-state index in [9.17, 15) is 14.0 Å². The van der Waals surface area contributed by atoms with Crippen LogP contribution in [0.4, 0.5) is 10.1 Å². The Hall–Kier alpha value is -2.54. The maximum Gasteiger partial charge on any atom is 0.250 e. The Morgan fingerprint density at radius 1 is 1.23 bits per heavy atom. The molecular formula is C23H18ClFN2O2S. The van der Waals surface area contributed by atoms with Crippen LogP contribution in [0.25, 0.3) is 0 Å². The Morgan fingerprint density at radius 3 is 2.70 bits per heavy atom. The number of carbonyl (C=O) groups is 2. The first-order chi connectivity index (χ1) is 14.4. The van der Waals surface area contributed by atoms with Gasteiger partial charge >= 0.3 is 0 Å². The number of benzene rings is 2. The number of carbonyl (C=O) groups excluding carboxylic acids is 2. The Morgan fingerprint density at radius 2 is 2.00 bits per heavy atom. The first-order valence-corrected chi connectivity index (χ1v) is 10.8. The van der Waals surface area contributed by atoms with Crippen LogP contribution in [0.2, 0.25) is 5.02 Å². The molecule has 1 amide bonds. The third kappa shape index (κ3) is 2.68. The minimum absolute atomic E-state index is 0.0911. The number of likely N-dealkylation sites (tertiary alicyclic amines) is 1. The number of amides is 1. The molecule has 1 fully saturated rings. The highest BCUT2D eigenvalue weighted by atomic mass is 35.5. The van der Waals surface area contributed by atoms with Crippen molar-refractivity contribution in [2.45, 2.75) is 11.5 Å². The molecule has 2 aromatic carbocycles. The number of nitrogens with zero attached hydrogens (tertiary/aromatic N) is 1. The average molecular weight is 441 g/mol. The lowest BCUT2D eigenvalue weighted by molar-refractivity contribution is -0.126.